The van der Waals surface area contributed by atoms with Crippen molar-refractivity contribution in [2.24, 2.45) is 11.7 Å². The molecule has 1 amide bonds. The molecule has 0 bridgehead atoms. The Bertz CT molecular complexity index is 227. The van der Waals surface area contributed by atoms with Crippen LogP contribution in [0.5, 0.6) is 0 Å². The molecule has 0 heterocycles. The van der Waals surface area contributed by atoms with Crippen LogP contribution in [0.15, 0.2) is 0 Å². The van der Waals surface area contributed by atoms with Crippen LogP contribution in [-0.2, 0) is 4.79 Å². The van der Waals surface area contributed by atoms with Crippen molar-refractivity contribution >= 4 is 5.91 Å². The van der Waals surface area contributed by atoms with Gasteiger partial charge in [0, 0.05) is 25.6 Å². The second kappa shape index (κ2) is 7.67. The van der Waals surface area contributed by atoms with E-state index in [4.69, 9.17) is 10.8 Å². The quantitative estimate of drug-likeness (QED) is 0.733. The lowest BCUT2D eigenvalue weighted by Gasteiger charge is -2.29. The molecule has 2 unspecified atom stereocenters. The summed E-state index contributed by atoms with van der Waals surface area (Å²) in [5.74, 6) is 0.629. The van der Waals surface area contributed by atoms with Gasteiger partial charge in [0.2, 0.25) is 5.91 Å². The minimum Gasteiger partial charge on any atom is -0.395 e. The average Bonchev–Trinajstić information content (AvgIpc) is 2.28. The number of aliphatic hydroxyl groups is 1. The van der Waals surface area contributed by atoms with E-state index in [2.05, 4.69) is 0 Å². The fraction of sp³-hybridized carbons (Fsp3) is 0.923. The number of nitrogens with two attached hydrogens (primary N) is 1. The van der Waals surface area contributed by atoms with E-state index in [0.717, 1.165) is 38.6 Å². The van der Waals surface area contributed by atoms with Gasteiger partial charge in [-0.2, -0.15) is 0 Å². The van der Waals surface area contributed by atoms with E-state index in [1.54, 1.807) is 4.90 Å². The summed E-state index contributed by atoms with van der Waals surface area (Å²) in [7, 11) is 0. The van der Waals surface area contributed by atoms with Crippen LogP contribution in [0.25, 0.3) is 0 Å². The number of amides is 1. The summed E-state index contributed by atoms with van der Waals surface area (Å²) in [6, 6.07) is 0.277. The molecule has 0 spiro atoms. The highest BCUT2D eigenvalue weighted by Crippen LogP contribution is 2.26. The van der Waals surface area contributed by atoms with E-state index in [1.165, 1.54) is 0 Å². The first kappa shape index (κ1) is 14.5. The van der Waals surface area contributed by atoms with Crippen molar-refractivity contribution in [2.45, 2.75) is 51.5 Å². The van der Waals surface area contributed by atoms with Gasteiger partial charge in [0.1, 0.15) is 0 Å². The van der Waals surface area contributed by atoms with Crippen molar-refractivity contribution < 1.29 is 9.90 Å². The number of hydrogen-bond acceptors (Lipinski definition) is 3. The van der Waals surface area contributed by atoms with Crippen LogP contribution in [0, 0.1) is 5.92 Å². The molecule has 0 radical (unpaired) electrons. The molecule has 0 aromatic rings. The number of aliphatic hydroxyl groups excluding tert-OH is 1. The molecular weight excluding hydrogens is 216 g/mol. The molecule has 17 heavy (non-hydrogen) atoms. The Morgan fingerprint density at radius 1 is 1.41 bits per heavy atom. The largest absolute Gasteiger partial charge is 0.395 e. The van der Waals surface area contributed by atoms with Crippen LogP contribution in [0.2, 0.25) is 0 Å². The van der Waals surface area contributed by atoms with Crippen LogP contribution in [0.3, 0.4) is 0 Å². The third-order valence-corrected chi connectivity index (χ3v) is 3.50. The predicted octanol–water partition coefficient (Wildman–Crippen LogP) is 1.12. The molecule has 4 nitrogen and oxygen atoms in total. The van der Waals surface area contributed by atoms with Gasteiger partial charge in [-0.3, -0.25) is 4.79 Å². The first-order chi connectivity index (χ1) is 8.17. The first-order valence-corrected chi connectivity index (χ1v) is 6.81. The van der Waals surface area contributed by atoms with E-state index in [9.17, 15) is 4.79 Å². The van der Waals surface area contributed by atoms with Gasteiger partial charge >= 0.3 is 0 Å². The van der Waals surface area contributed by atoms with Gasteiger partial charge in [0.05, 0.1) is 6.61 Å². The van der Waals surface area contributed by atoms with Crippen molar-refractivity contribution in [1.82, 2.24) is 4.90 Å². The number of hydrogen-bond donors (Lipinski definition) is 2. The third kappa shape index (κ3) is 5.04. The SMILES string of the molecule is CCCN(CCO)C(=O)CC1CCCC(N)C1. The first-order valence-electron chi connectivity index (χ1n) is 6.81. The highest BCUT2D eigenvalue weighted by molar-refractivity contribution is 5.76. The van der Waals surface area contributed by atoms with Crippen molar-refractivity contribution in [2.75, 3.05) is 19.7 Å². The van der Waals surface area contributed by atoms with E-state index in [-0.39, 0.29) is 18.6 Å². The van der Waals surface area contributed by atoms with Gasteiger partial charge in [-0.1, -0.05) is 13.3 Å². The van der Waals surface area contributed by atoms with Gasteiger partial charge < -0.3 is 15.7 Å². The van der Waals surface area contributed by atoms with Crippen LogP contribution in [0.4, 0.5) is 0 Å². The van der Waals surface area contributed by atoms with Gasteiger partial charge in [0.15, 0.2) is 0 Å². The monoisotopic (exact) mass is 242 g/mol. The molecular formula is C13H26N2O2. The molecule has 1 saturated carbocycles. The maximum Gasteiger partial charge on any atom is 0.222 e. The Hall–Kier alpha value is -0.610. The van der Waals surface area contributed by atoms with Gasteiger partial charge in [-0.05, 0) is 31.6 Å². The normalized spacial score (nSPS) is 24.6. The van der Waals surface area contributed by atoms with Gasteiger partial charge in [-0.15, -0.1) is 0 Å². The minimum absolute atomic E-state index is 0.0515. The zero-order chi connectivity index (χ0) is 12.7. The fourth-order valence-corrected chi connectivity index (χ4v) is 2.65. The summed E-state index contributed by atoms with van der Waals surface area (Å²) in [6.07, 6.45) is 5.89. The smallest absolute Gasteiger partial charge is 0.222 e. The molecule has 1 rings (SSSR count). The third-order valence-electron chi connectivity index (χ3n) is 3.50. The van der Waals surface area contributed by atoms with E-state index < -0.39 is 0 Å². The molecule has 1 fully saturated rings. The highest BCUT2D eigenvalue weighted by atomic mass is 16.3. The summed E-state index contributed by atoms with van der Waals surface area (Å²) in [6.45, 7) is 3.31. The predicted molar refractivity (Wildman–Crippen MR) is 68.5 cm³/mol. The molecule has 0 saturated heterocycles. The van der Waals surface area contributed by atoms with Crippen LogP contribution in [0.1, 0.15) is 45.4 Å². The highest BCUT2D eigenvalue weighted by Gasteiger charge is 2.23. The van der Waals surface area contributed by atoms with Crippen LogP contribution in [-0.4, -0.2) is 41.7 Å². The summed E-state index contributed by atoms with van der Waals surface area (Å²) in [5, 5.41) is 8.95. The minimum atomic E-state index is 0.0515. The van der Waals surface area contributed by atoms with Crippen LogP contribution >= 0.6 is 0 Å². The number of carbonyl (C=O) groups excluding carboxylic acids is 1. The molecule has 3 N–H and O–H groups in total. The second-order valence-corrected chi connectivity index (χ2v) is 5.10. The molecule has 1 aliphatic carbocycles. The van der Waals surface area contributed by atoms with Crippen molar-refractivity contribution in [3.05, 3.63) is 0 Å². The standard InChI is InChI=1S/C13H26N2O2/c1-2-6-15(7-8-16)13(17)10-11-4-3-5-12(14)9-11/h11-12,16H,2-10,14H2,1H3. The van der Waals surface area contributed by atoms with E-state index in [0.29, 0.717) is 18.9 Å². The molecule has 0 aromatic carbocycles. The van der Waals surface area contributed by atoms with Crippen molar-refractivity contribution in [1.29, 1.82) is 0 Å². The number of rotatable bonds is 6. The summed E-state index contributed by atoms with van der Waals surface area (Å²) in [4.78, 5) is 13.8. The molecule has 4 heteroatoms. The fourth-order valence-electron chi connectivity index (χ4n) is 2.65. The van der Waals surface area contributed by atoms with Gasteiger partial charge in [0.25, 0.3) is 0 Å². The lowest BCUT2D eigenvalue weighted by molar-refractivity contribution is -0.133. The average molecular weight is 242 g/mol. The zero-order valence-corrected chi connectivity index (χ0v) is 10.9. The molecule has 0 aromatic heterocycles. The number of carbonyl (C=O) groups is 1. The molecule has 0 aliphatic heterocycles. The zero-order valence-electron chi connectivity index (χ0n) is 10.9. The van der Waals surface area contributed by atoms with Gasteiger partial charge in [-0.25, -0.2) is 0 Å². The summed E-state index contributed by atoms with van der Waals surface area (Å²) in [5.41, 5.74) is 5.93. The Morgan fingerprint density at radius 2 is 2.18 bits per heavy atom. The summed E-state index contributed by atoms with van der Waals surface area (Å²) >= 11 is 0. The van der Waals surface area contributed by atoms with E-state index >= 15 is 0 Å². The Balaban J connectivity index is 2.39. The molecule has 2 atom stereocenters. The topological polar surface area (TPSA) is 66.6 Å². The van der Waals surface area contributed by atoms with Crippen molar-refractivity contribution in [3.8, 4) is 0 Å². The second-order valence-electron chi connectivity index (χ2n) is 5.10. The Morgan fingerprint density at radius 3 is 2.76 bits per heavy atom. The molecule has 100 valence electrons. The summed E-state index contributed by atoms with van der Waals surface area (Å²) < 4.78 is 0. The molecule has 1 aliphatic rings. The lowest BCUT2D eigenvalue weighted by atomic mass is 9.84. The Kier molecular flexibility index (Phi) is 6.52. The Labute approximate surface area is 104 Å². The maximum absolute atomic E-state index is 12.1. The lowest BCUT2D eigenvalue weighted by Crippen LogP contribution is -2.37. The van der Waals surface area contributed by atoms with E-state index in [1.807, 2.05) is 6.92 Å². The number of nitrogens with zero attached hydrogens (tertiary/aromatic N) is 1. The maximum atomic E-state index is 12.1. The van der Waals surface area contributed by atoms with Crippen molar-refractivity contribution in [3.63, 3.8) is 0 Å². The van der Waals surface area contributed by atoms with Crippen LogP contribution < -0.4 is 5.73 Å².